The van der Waals surface area contributed by atoms with Gasteiger partial charge in [0.1, 0.15) is 0 Å². The molecule has 20 heavy (non-hydrogen) atoms. The molecule has 0 rings (SSSR count). The maximum atomic E-state index is 11.9. The van der Waals surface area contributed by atoms with Crippen molar-refractivity contribution in [3.8, 4) is 0 Å². The van der Waals surface area contributed by atoms with Crippen molar-refractivity contribution in [3.05, 3.63) is 36.4 Å². The Morgan fingerprint density at radius 2 is 2.10 bits per heavy atom. The highest BCUT2D eigenvalue weighted by Gasteiger charge is 2.37. The van der Waals surface area contributed by atoms with E-state index in [0.29, 0.717) is 11.3 Å². The van der Waals surface area contributed by atoms with Gasteiger partial charge in [0.05, 0.1) is 12.5 Å². The fourth-order valence-corrected chi connectivity index (χ4v) is 1.01. The largest absolute Gasteiger partial charge is 0.514 e. The molecule has 0 aromatic heterocycles. The SMILES string of the molecule is C=N/C=C(/C=C/CNC(=O)C(F)(F)F)C(\C)=N/C=C/O. The summed E-state index contributed by atoms with van der Waals surface area (Å²) in [5, 5.41) is 10.1. The van der Waals surface area contributed by atoms with Crippen LogP contribution in [0.5, 0.6) is 0 Å². The summed E-state index contributed by atoms with van der Waals surface area (Å²) in [6.45, 7) is 4.56. The van der Waals surface area contributed by atoms with Gasteiger partial charge in [0.2, 0.25) is 0 Å². The number of allylic oxidation sites excluding steroid dienone is 2. The Morgan fingerprint density at radius 1 is 1.45 bits per heavy atom. The molecule has 0 aromatic rings. The second kappa shape index (κ2) is 8.68. The molecule has 110 valence electrons. The number of halogens is 3. The van der Waals surface area contributed by atoms with Gasteiger partial charge in [-0.3, -0.25) is 14.8 Å². The van der Waals surface area contributed by atoms with Crippen LogP contribution < -0.4 is 5.32 Å². The van der Waals surface area contributed by atoms with Crippen molar-refractivity contribution in [2.75, 3.05) is 6.54 Å². The summed E-state index contributed by atoms with van der Waals surface area (Å²) in [6.07, 6.45) is 1.03. The van der Waals surface area contributed by atoms with Crippen LogP contribution in [0.25, 0.3) is 0 Å². The van der Waals surface area contributed by atoms with Gasteiger partial charge >= 0.3 is 12.1 Å². The summed E-state index contributed by atoms with van der Waals surface area (Å²) < 4.78 is 35.7. The van der Waals surface area contributed by atoms with E-state index in [2.05, 4.69) is 16.7 Å². The van der Waals surface area contributed by atoms with Gasteiger partial charge in [-0.1, -0.05) is 12.2 Å². The molecule has 5 nitrogen and oxygen atoms in total. The van der Waals surface area contributed by atoms with E-state index in [0.717, 1.165) is 12.5 Å². The van der Waals surface area contributed by atoms with Gasteiger partial charge in [-0.15, -0.1) is 0 Å². The highest BCUT2D eigenvalue weighted by Crippen LogP contribution is 2.13. The number of aliphatic hydroxyl groups excluding tert-OH is 1. The summed E-state index contributed by atoms with van der Waals surface area (Å²) in [7, 11) is 0. The van der Waals surface area contributed by atoms with Crippen LogP contribution in [-0.4, -0.2) is 36.2 Å². The molecule has 0 aliphatic rings. The molecule has 0 bridgehead atoms. The van der Waals surface area contributed by atoms with E-state index in [9.17, 15) is 18.0 Å². The molecule has 0 unspecified atom stereocenters. The molecule has 0 aromatic carbocycles. The number of amides is 1. The molecule has 1 amide bonds. The van der Waals surface area contributed by atoms with Gasteiger partial charge in [-0.05, 0) is 13.6 Å². The van der Waals surface area contributed by atoms with Crippen molar-refractivity contribution in [1.29, 1.82) is 0 Å². The van der Waals surface area contributed by atoms with Gasteiger partial charge in [0.15, 0.2) is 0 Å². The van der Waals surface area contributed by atoms with Gasteiger partial charge in [-0.2, -0.15) is 13.2 Å². The normalized spacial score (nSPS) is 14.0. The van der Waals surface area contributed by atoms with Crippen LogP contribution in [0.3, 0.4) is 0 Å². The lowest BCUT2D eigenvalue weighted by molar-refractivity contribution is -0.173. The van der Waals surface area contributed by atoms with Crippen LogP contribution in [-0.2, 0) is 4.79 Å². The first-order chi connectivity index (χ1) is 9.32. The van der Waals surface area contributed by atoms with Crippen molar-refractivity contribution < 1.29 is 23.1 Å². The lowest BCUT2D eigenvalue weighted by Crippen LogP contribution is -2.36. The lowest BCUT2D eigenvalue weighted by atomic mass is 10.2. The van der Waals surface area contributed by atoms with Crippen LogP contribution in [0.2, 0.25) is 0 Å². The number of alkyl halides is 3. The molecule has 0 fully saturated rings. The van der Waals surface area contributed by atoms with E-state index >= 15 is 0 Å². The third-order valence-corrected chi connectivity index (χ3v) is 1.92. The fourth-order valence-electron chi connectivity index (χ4n) is 1.01. The third-order valence-electron chi connectivity index (χ3n) is 1.92. The van der Waals surface area contributed by atoms with Crippen molar-refractivity contribution in [2.45, 2.75) is 13.1 Å². The Kier molecular flexibility index (Phi) is 7.64. The monoisotopic (exact) mass is 289 g/mol. The van der Waals surface area contributed by atoms with Crippen LogP contribution in [0.4, 0.5) is 13.2 Å². The molecular formula is C12H14F3N3O2. The topological polar surface area (TPSA) is 74.0 Å². The van der Waals surface area contributed by atoms with E-state index in [-0.39, 0.29) is 6.54 Å². The molecule has 8 heteroatoms. The van der Waals surface area contributed by atoms with Crippen LogP contribution in [0.15, 0.2) is 46.4 Å². The van der Waals surface area contributed by atoms with E-state index in [1.165, 1.54) is 18.4 Å². The number of nitrogens with one attached hydrogen (secondary N) is 1. The van der Waals surface area contributed by atoms with Crippen molar-refractivity contribution in [1.82, 2.24) is 5.32 Å². The minimum absolute atomic E-state index is 0.296. The van der Waals surface area contributed by atoms with E-state index in [1.807, 2.05) is 0 Å². The van der Waals surface area contributed by atoms with Gasteiger partial charge in [0.25, 0.3) is 0 Å². The molecule has 0 aliphatic heterocycles. The van der Waals surface area contributed by atoms with Crippen molar-refractivity contribution in [2.24, 2.45) is 9.98 Å². The number of hydrogen-bond donors (Lipinski definition) is 2. The van der Waals surface area contributed by atoms with E-state index in [4.69, 9.17) is 5.11 Å². The molecule has 0 atom stereocenters. The van der Waals surface area contributed by atoms with Gasteiger partial charge < -0.3 is 10.4 Å². The number of carbonyl (C=O) groups excluding carboxylic acids is 1. The van der Waals surface area contributed by atoms with Gasteiger partial charge in [0, 0.05) is 24.0 Å². The minimum atomic E-state index is -4.90. The second-order valence-electron chi connectivity index (χ2n) is 3.39. The number of aliphatic hydroxyl groups is 1. The first-order valence-corrected chi connectivity index (χ1v) is 5.34. The Labute approximate surface area is 113 Å². The molecule has 0 aliphatic carbocycles. The number of carbonyl (C=O) groups is 1. The van der Waals surface area contributed by atoms with Crippen LogP contribution >= 0.6 is 0 Å². The number of rotatable bonds is 6. The maximum Gasteiger partial charge on any atom is 0.471 e. The molecular weight excluding hydrogens is 275 g/mol. The van der Waals surface area contributed by atoms with Crippen molar-refractivity contribution >= 4 is 18.3 Å². The third kappa shape index (κ3) is 7.14. The quantitative estimate of drug-likeness (QED) is 0.447. The average Bonchev–Trinajstić information content (AvgIpc) is 2.38. The average molecular weight is 289 g/mol. The molecule has 0 spiro atoms. The Hall–Kier alpha value is -2.38. The Balaban J connectivity index is 4.64. The molecule has 0 heterocycles. The summed E-state index contributed by atoms with van der Waals surface area (Å²) in [5.41, 5.74) is 0.931. The second-order valence-corrected chi connectivity index (χ2v) is 3.39. The summed E-state index contributed by atoms with van der Waals surface area (Å²) in [5.74, 6) is -2.01. The Bertz CT molecular complexity index is 463. The minimum Gasteiger partial charge on any atom is -0.514 e. The predicted molar refractivity (Wildman–Crippen MR) is 70.7 cm³/mol. The number of hydrogen-bond acceptors (Lipinski definition) is 4. The predicted octanol–water partition coefficient (Wildman–Crippen LogP) is 2.30. The summed E-state index contributed by atoms with van der Waals surface area (Å²) in [4.78, 5) is 17.9. The van der Waals surface area contributed by atoms with Crippen molar-refractivity contribution in [3.63, 3.8) is 0 Å². The lowest BCUT2D eigenvalue weighted by Gasteiger charge is -2.05. The fraction of sp³-hybridized carbons (Fsp3) is 0.250. The van der Waals surface area contributed by atoms with E-state index in [1.54, 1.807) is 12.2 Å². The standard InChI is InChI=1S/C12H14F3N3O2/c1-9(17-6-7-19)10(8-16-2)4-3-5-18-11(20)12(13,14)15/h3-4,6-8,19H,2,5H2,1H3,(H,18,20)/b4-3+,7-6+,10-8-,17-9-. The summed E-state index contributed by atoms with van der Waals surface area (Å²) >= 11 is 0. The maximum absolute atomic E-state index is 11.9. The van der Waals surface area contributed by atoms with Gasteiger partial charge in [-0.25, -0.2) is 0 Å². The number of aliphatic imine (C=N–C) groups is 2. The molecule has 0 radical (unpaired) electrons. The van der Waals surface area contributed by atoms with Crippen LogP contribution in [0, 0.1) is 0 Å². The zero-order valence-electron chi connectivity index (χ0n) is 10.7. The molecule has 0 saturated heterocycles. The molecule has 2 N–H and O–H groups in total. The number of nitrogens with zero attached hydrogens (tertiary/aromatic N) is 2. The Morgan fingerprint density at radius 3 is 2.60 bits per heavy atom. The molecule has 0 saturated carbocycles. The zero-order valence-corrected chi connectivity index (χ0v) is 10.7. The first-order valence-electron chi connectivity index (χ1n) is 5.34. The van der Waals surface area contributed by atoms with Crippen LogP contribution in [0.1, 0.15) is 6.92 Å². The summed E-state index contributed by atoms with van der Waals surface area (Å²) in [6, 6.07) is 0. The zero-order chi connectivity index (χ0) is 15.6. The smallest absolute Gasteiger partial charge is 0.471 e. The first kappa shape index (κ1) is 17.6. The van der Waals surface area contributed by atoms with E-state index < -0.39 is 12.1 Å². The highest BCUT2D eigenvalue weighted by atomic mass is 19.4. The highest BCUT2D eigenvalue weighted by molar-refractivity contribution is 6.01.